The molecule has 0 amide bonds. The van der Waals surface area contributed by atoms with Crippen molar-refractivity contribution in [2.75, 3.05) is 6.61 Å². The zero-order valence-corrected chi connectivity index (χ0v) is 17.8. The van der Waals surface area contributed by atoms with Crippen LogP contribution in [-0.2, 0) is 4.43 Å². The van der Waals surface area contributed by atoms with Gasteiger partial charge in [0, 0.05) is 6.04 Å². The lowest BCUT2D eigenvalue weighted by atomic mass is 10.1. The van der Waals surface area contributed by atoms with Gasteiger partial charge in [-0.3, -0.25) is 0 Å². The molecular weight excluding hydrogens is 354 g/mol. The zero-order valence-electron chi connectivity index (χ0n) is 16.0. The first-order valence-electron chi connectivity index (χ1n) is 9.48. The minimum atomic E-state index is -2.44. The van der Waals surface area contributed by atoms with E-state index in [1.165, 1.54) is 10.4 Å². The Morgan fingerprint density at radius 3 is 2.00 bits per heavy atom. The van der Waals surface area contributed by atoms with Gasteiger partial charge in [0.15, 0.2) is 0 Å². The summed E-state index contributed by atoms with van der Waals surface area (Å²) in [5, 5.41) is 6.15. The Hall–Kier alpha value is -1.49. The number of hydrogen-bond acceptors (Lipinski definition) is 2. The van der Waals surface area contributed by atoms with Gasteiger partial charge in [0.1, 0.15) is 0 Å². The summed E-state index contributed by atoms with van der Waals surface area (Å²) in [4.78, 5) is 0.979. The van der Waals surface area contributed by atoms with Crippen LogP contribution in [0.15, 0.2) is 60.7 Å². The van der Waals surface area contributed by atoms with Crippen LogP contribution in [0.5, 0.6) is 0 Å². The third-order valence-corrected chi connectivity index (χ3v) is 10.6. The van der Waals surface area contributed by atoms with E-state index in [9.17, 15) is 0 Å². The number of benzene rings is 2. The molecule has 2 aromatic carbocycles. The number of hydrogen-bond donors (Lipinski definition) is 1. The van der Waals surface area contributed by atoms with E-state index in [1.807, 2.05) is 0 Å². The van der Waals surface area contributed by atoms with E-state index < -0.39 is 8.32 Å². The number of thiocarbonyl (C=S) groups is 1. The maximum atomic E-state index is 6.97. The summed E-state index contributed by atoms with van der Waals surface area (Å²) in [6.45, 7) is 7.65. The summed E-state index contributed by atoms with van der Waals surface area (Å²) < 4.78 is 6.97. The van der Waals surface area contributed by atoms with Gasteiger partial charge in [0.2, 0.25) is 0 Å². The maximum absolute atomic E-state index is 6.97. The fourth-order valence-corrected chi connectivity index (χ4v) is 8.91. The first-order valence-corrected chi connectivity index (χ1v) is 11.8. The van der Waals surface area contributed by atoms with Crippen LogP contribution in [-0.4, -0.2) is 26.0 Å². The van der Waals surface area contributed by atoms with Crippen molar-refractivity contribution in [2.45, 2.75) is 51.1 Å². The second kappa shape index (κ2) is 8.03. The molecule has 2 aromatic rings. The topological polar surface area (TPSA) is 21.3 Å². The third kappa shape index (κ3) is 3.92. The average molecular weight is 384 g/mol. The van der Waals surface area contributed by atoms with Gasteiger partial charge in [-0.2, -0.15) is 0 Å². The van der Waals surface area contributed by atoms with E-state index in [0.717, 1.165) is 24.3 Å². The molecule has 0 aliphatic carbocycles. The summed E-state index contributed by atoms with van der Waals surface area (Å²) in [5.41, 5.74) is 0. The van der Waals surface area contributed by atoms with Crippen molar-refractivity contribution < 1.29 is 4.43 Å². The molecule has 3 rings (SSSR count). The minimum Gasteiger partial charge on any atom is -0.405 e. The maximum Gasteiger partial charge on any atom is 0.261 e. The van der Waals surface area contributed by atoms with E-state index in [2.05, 4.69) is 86.8 Å². The highest BCUT2D eigenvalue weighted by atomic mass is 32.1. The summed E-state index contributed by atoms with van der Waals surface area (Å²) in [5.74, 6) is 0. The SMILES string of the molecule is CC(C)(C)[Si](OCC1CCCC(=S)N1)(c1ccccc1)c1ccccc1. The fourth-order valence-electron chi connectivity index (χ4n) is 3.99. The molecular formula is C22H29NOSSi. The highest BCUT2D eigenvalue weighted by molar-refractivity contribution is 7.80. The van der Waals surface area contributed by atoms with E-state index in [1.54, 1.807) is 0 Å². The molecule has 0 spiro atoms. The van der Waals surface area contributed by atoms with Gasteiger partial charge in [-0.15, -0.1) is 0 Å². The molecule has 138 valence electrons. The van der Waals surface area contributed by atoms with E-state index in [4.69, 9.17) is 16.6 Å². The molecule has 1 unspecified atom stereocenters. The Bertz CT molecular complexity index is 687. The smallest absolute Gasteiger partial charge is 0.261 e. The van der Waals surface area contributed by atoms with Gasteiger partial charge in [-0.25, -0.2) is 0 Å². The molecule has 4 heteroatoms. The van der Waals surface area contributed by atoms with Crippen molar-refractivity contribution >= 4 is 35.9 Å². The molecule has 0 saturated carbocycles. The van der Waals surface area contributed by atoms with Crippen LogP contribution in [0.2, 0.25) is 5.04 Å². The van der Waals surface area contributed by atoms with Crippen LogP contribution in [0.4, 0.5) is 0 Å². The molecule has 1 N–H and O–H groups in total. The van der Waals surface area contributed by atoms with E-state index >= 15 is 0 Å². The molecule has 0 bridgehead atoms. The van der Waals surface area contributed by atoms with Crippen molar-refractivity contribution in [2.24, 2.45) is 0 Å². The lowest BCUT2D eigenvalue weighted by Crippen LogP contribution is -2.67. The van der Waals surface area contributed by atoms with Gasteiger partial charge in [-0.05, 0) is 34.7 Å². The Labute approximate surface area is 164 Å². The van der Waals surface area contributed by atoms with Crippen molar-refractivity contribution in [1.82, 2.24) is 5.32 Å². The molecule has 0 radical (unpaired) electrons. The van der Waals surface area contributed by atoms with Gasteiger partial charge in [0.25, 0.3) is 8.32 Å². The van der Waals surface area contributed by atoms with Crippen molar-refractivity contribution in [3.63, 3.8) is 0 Å². The first-order chi connectivity index (χ1) is 12.4. The molecule has 1 aliphatic heterocycles. The Morgan fingerprint density at radius 1 is 1.00 bits per heavy atom. The molecule has 26 heavy (non-hydrogen) atoms. The van der Waals surface area contributed by atoms with Crippen molar-refractivity contribution in [3.05, 3.63) is 60.7 Å². The third-order valence-electron chi connectivity index (χ3n) is 5.24. The second-order valence-electron chi connectivity index (χ2n) is 8.13. The minimum absolute atomic E-state index is 0.0187. The first kappa shape index (κ1) is 19.3. The lowest BCUT2D eigenvalue weighted by Gasteiger charge is -2.44. The van der Waals surface area contributed by atoms with Crippen LogP contribution in [0, 0.1) is 0 Å². The van der Waals surface area contributed by atoms with E-state index in [-0.39, 0.29) is 5.04 Å². The molecule has 0 aromatic heterocycles. The standard InChI is InChI=1S/C22H29NOSSi/c1-22(2,3)26(19-12-6-4-7-13-19,20-14-8-5-9-15-20)24-17-18-11-10-16-21(25)23-18/h4-9,12-15,18H,10-11,16-17H2,1-3H3,(H,23,25). The average Bonchev–Trinajstić information content (AvgIpc) is 2.63. The fraction of sp³-hybridized carbons (Fsp3) is 0.409. The molecule has 1 atom stereocenters. The van der Waals surface area contributed by atoms with Gasteiger partial charge >= 0.3 is 0 Å². The summed E-state index contributed by atoms with van der Waals surface area (Å²) >= 11 is 5.40. The molecule has 1 saturated heterocycles. The van der Waals surface area contributed by atoms with Crippen LogP contribution in [0.25, 0.3) is 0 Å². The number of nitrogens with one attached hydrogen (secondary N) is 1. The predicted octanol–water partition coefficient (Wildman–Crippen LogP) is 4.03. The molecule has 1 aliphatic rings. The Kier molecular flexibility index (Phi) is 5.95. The molecule has 1 fully saturated rings. The summed E-state index contributed by atoms with van der Waals surface area (Å²) in [6.07, 6.45) is 3.28. The van der Waals surface area contributed by atoms with Crippen molar-refractivity contribution in [1.29, 1.82) is 0 Å². The predicted molar refractivity (Wildman–Crippen MR) is 117 cm³/mol. The Morgan fingerprint density at radius 2 is 1.54 bits per heavy atom. The van der Waals surface area contributed by atoms with Crippen LogP contribution in [0.3, 0.4) is 0 Å². The summed E-state index contributed by atoms with van der Waals surface area (Å²) in [7, 11) is -2.44. The van der Waals surface area contributed by atoms with Gasteiger partial charge < -0.3 is 9.74 Å². The van der Waals surface area contributed by atoms with Gasteiger partial charge in [-0.1, -0.05) is 93.7 Å². The number of rotatable bonds is 5. The Balaban J connectivity index is 2.01. The summed E-state index contributed by atoms with van der Waals surface area (Å²) in [6, 6.07) is 21.9. The zero-order chi connectivity index (χ0) is 18.6. The second-order valence-corrected chi connectivity index (χ2v) is 12.9. The lowest BCUT2D eigenvalue weighted by molar-refractivity contribution is 0.250. The monoisotopic (exact) mass is 383 g/mol. The van der Waals surface area contributed by atoms with Crippen molar-refractivity contribution in [3.8, 4) is 0 Å². The highest BCUT2D eigenvalue weighted by Crippen LogP contribution is 2.37. The van der Waals surface area contributed by atoms with Crippen LogP contribution in [0.1, 0.15) is 40.0 Å². The van der Waals surface area contributed by atoms with E-state index in [0.29, 0.717) is 12.6 Å². The molecule has 2 nitrogen and oxygen atoms in total. The van der Waals surface area contributed by atoms with Gasteiger partial charge in [0.05, 0.1) is 11.6 Å². The quantitative estimate of drug-likeness (QED) is 0.622. The van der Waals surface area contributed by atoms with Crippen LogP contribution >= 0.6 is 12.2 Å². The van der Waals surface area contributed by atoms with Crippen LogP contribution < -0.4 is 15.7 Å². The molecule has 1 heterocycles. The highest BCUT2D eigenvalue weighted by Gasteiger charge is 2.50. The normalized spacial score (nSPS) is 18.4. The number of piperidine rings is 1. The largest absolute Gasteiger partial charge is 0.405 e.